The lowest BCUT2D eigenvalue weighted by Gasteiger charge is -2.08. The predicted molar refractivity (Wildman–Crippen MR) is 69.8 cm³/mol. The van der Waals surface area contributed by atoms with E-state index in [9.17, 15) is 18.8 Å². The van der Waals surface area contributed by atoms with Gasteiger partial charge in [0, 0.05) is 12.8 Å². The number of carboxylic acids is 1. The van der Waals surface area contributed by atoms with Gasteiger partial charge in [-0.05, 0) is 24.6 Å². The number of anilines is 1. The third kappa shape index (κ3) is 5.69. The summed E-state index contributed by atoms with van der Waals surface area (Å²) in [4.78, 5) is 33.1. The van der Waals surface area contributed by atoms with Gasteiger partial charge in [0.05, 0.1) is 11.3 Å². The number of urea groups is 1. The van der Waals surface area contributed by atoms with E-state index in [1.54, 1.807) is 6.07 Å². The topological polar surface area (TPSA) is 119 Å². The summed E-state index contributed by atoms with van der Waals surface area (Å²) in [6, 6.07) is 4.04. The van der Waals surface area contributed by atoms with E-state index in [4.69, 9.17) is 10.4 Å². The van der Waals surface area contributed by atoms with Gasteiger partial charge in [-0.1, -0.05) is 0 Å². The van der Waals surface area contributed by atoms with E-state index in [0.29, 0.717) is 0 Å². The third-order valence-corrected chi connectivity index (χ3v) is 2.40. The van der Waals surface area contributed by atoms with Crippen molar-refractivity contribution in [1.29, 1.82) is 5.26 Å². The molecule has 0 unspecified atom stereocenters. The fourth-order valence-corrected chi connectivity index (χ4v) is 1.46. The minimum Gasteiger partial charge on any atom is -0.481 e. The molecule has 1 rings (SSSR count). The number of nitriles is 1. The number of amides is 3. The van der Waals surface area contributed by atoms with Crippen LogP contribution in [0.4, 0.5) is 14.9 Å². The summed E-state index contributed by atoms with van der Waals surface area (Å²) in [5.41, 5.74) is -0.0155. The molecule has 0 saturated carbocycles. The summed E-state index contributed by atoms with van der Waals surface area (Å²) < 4.78 is 12.9. The Hall–Kier alpha value is -2.95. The Balaban J connectivity index is 2.52. The number of nitrogens with zero attached hydrogens (tertiary/aromatic N) is 1. The Morgan fingerprint density at radius 2 is 2.00 bits per heavy atom. The normalized spacial score (nSPS) is 9.52. The number of imide groups is 1. The lowest BCUT2D eigenvalue weighted by atomic mass is 10.2. The number of carbonyl (C=O) groups excluding carboxylic acids is 2. The standard InChI is InChI=1S/C13H12FN3O4/c14-9-4-5-10(8(6-9)7-15)16-13(21)17-11(18)2-1-3-12(19)20/h4-6H,1-3H2,(H,19,20)(H2,16,17,18,21). The van der Waals surface area contributed by atoms with Gasteiger partial charge in [0.15, 0.2) is 0 Å². The highest BCUT2D eigenvalue weighted by molar-refractivity contribution is 6.01. The van der Waals surface area contributed by atoms with Crippen LogP contribution in [0.3, 0.4) is 0 Å². The number of aliphatic carboxylic acids is 1. The Morgan fingerprint density at radius 3 is 2.62 bits per heavy atom. The number of halogens is 1. The van der Waals surface area contributed by atoms with Crippen molar-refractivity contribution in [2.24, 2.45) is 0 Å². The summed E-state index contributed by atoms with van der Waals surface area (Å²) in [6.45, 7) is 0. The molecule has 0 bridgehead atoms. The lowest BCUT2D eigenvalue weighted by molar-refractivity contribution is -0.137. The van der Waals surface area contributed by atoms with E-state index < -0.39 is 23.7 Å². The van der Waals surface area contributed by atoms with Crippen LogP contribution in [0.1, 0.15) is 24.8 Å². The first-order valence-corrected chi connectivity index (χ1v) is 5.94. The van der Waals surface area contributed by atoms with Crippen molar-refractivity contribution in [3.05, 3.63) is 29.6 Å². The molecular weight excluding hydrogens is 281 g/mol. The Morgan fingerprint density at radius 1 is 1.29 bits per heavy atom. The van der Waals surface area contributed by atoms with Crippen LogP contribution >= 0.6 is 0 Å². The van der Waals surface area contributed by atoms with Crippen molar-refractivity contribution in [3.63, 3.8) is 0 Å². The molecular formula is C13H12FN3O4. The minimum atomic E-state index is -1.03. The molecule has 1 aromatic rings. The predicted octanol–water partition coefficient (Wildman–Crippen LogP) is 1.60. The van der Waals surface area contributed by atoms with E-state index in [-0.39, 0.29) is 30.5 Å². The van der Waals surface area contributed by atoms with E-state index in [1.807, 2.05) is 5.32 Å². The number of carboxylic acid groups (broad SMARTS) is 1. The minimum absolute atomic E-state index is 0.0646. The van der Waals surface area contributed by atoms with Crippen molar-refractivity contribution in [2.75, 3.05) is 5.32 Å². The van der Waals surface area contributed by atoms with Gasteiger partial charge >= 0.3 is 12.0 Å². The number of benzene rings is 1. The smallest absolute Gasteiger partial charge is 0.325 e. The molecule has 0 spiro atoms. The van der Waals surface area contributed by atoms with Crippen molar-refractivity contribution < 1.29 is 23.9 Å². The average molecular weight is 293 g/mol. The third-order valence-electron chi connectivity index (χ3n) is 2.40. The summed E-state index contributed by atoms with van der Waals surface area (Å²) >= 11 is 0. The highest BCUT2D eigenvalue weighted by Crippen LogP contribution is 2.15. The number of hydrogen-bond donors (Lipinski definition) is 3. The number of nitrogens with one attached hydrogen (secondary N) is 2. The molecule has 0 heterocycles. The van der Waals surface area contributed by atoms with Gasteiger partial charge < -0.3 is 10.4 Å². The van der Waals surface area contributed by atoms with Gasteiger partial charge in [-0.25, -0.2) is 9.18 Å². The van der Waals surface area contributed by atoms with Crippen LogP contribution in [0.15, 0.2) is 18.2 Å². The molecule has 8 heteroatoms. The van der Waals surface area contributed by atoms with Gasteiger partial charge in [-0.3, -0.25) is 14.9 Å². The van der Waals surface area contributed by atoms with Crippen LogP contribution in [0.5, 0.6) is 0 Å². The molecule has 21 heavy (non-hydrogen) atoms. The van der Waals surface area contributed by atoms with E-state index in [2.05, 4.69) is 5.32 Å². The van der Waals surface area contributed by atoms with Crippen LogP contribution in [0, 0.1) is 17.1 Å². The monoisotopic (exact) mass is 293 g/mol. The molecule has 0 atom stereocenters. The molecule has 0 radical (unpaired) electrons. The SMILES string of the molecule is N#Cc1cc(F)ccc1NC(=O)NC(=O)CCCC(=O)O. The van der Waals surface area contributed by atoms with Crippen LogP contribution in [-0.4, -0.2) is 23.0 Å². The largest absolute Gasteiger partial charge is 0.481 e. The number of hydrogen-bond acceptors (Lipinski definition) is 4. The molecule has 0 aliphatic heterocycles. The summed E-state index contributed by atoms with van der Waals surface area (Å²) in [6.07, 6.45) is -0.186. The van der Waals surface area contributed by atoms with Crippen molar-refractivity contribution in [2.45, 2.75) is 19.3 Å². The van der Waals surface area contributed by atoms with Crippen molar-refractivity contribution in [3.8, 4) is 6.07 Å². The number of carbonyl (C=O) groups is 3. The van der Waals surface area contributed by atoms with E-state index in [0.717, 1.165) is 12.1 Å². The highest BCUT2D eigenvalue weighted by atomic mass is 19.1. The maximum atomic E-state index is 12.9. The van der Waals surface area contributed by atoms with Gasteiger partial charge in [0.1, 0.15) is 11.9 Å². The van der Waals surface area contributed by atoms with Crippen LogP contribution in [-0.2, 0) is 9.59 Å². The van der Waals surface area contributed by atoms with Crippen molar-refractivity contribution >= 4 is 23.6 Å². The molecule has 3 N–H and O–H groups in total. The van der Waals surface area contributed by atoms with Gasteiger partial charge in [0.2, 0.25) is 5.91 Å². The van der Waals surface area contributed by atoms with E-state index in [1.165, 1.54) is 6.07 Å². The second kappa shape index (κ2) is 7.59. The summed E-state index contributed by atoms with van der Waals surface area (Å²) in [5, 5.41) is 21.4. The molecule has 0 aromatic heterocycles. The zero-order valence-corrected chi connectivity index (χ0v) is 10.9. The molecule has 7 nitrogen and oxygen atoms in total. The Labute approximate surface area is 119 Å². The fourth-order valence-electron chi connectivity index (χ4n) is 1.46. The molecule has 3 amide bonds. The lowest BCUT2D eigenvalue weighted by Crippen LogP contribution is -2.34. The first-order valence-electron chi connectivity index (χ1n) is 5.94. The molecule has 0 fully saturated rings. The summed E-state index contributed by atoms with van der Waals surface area (Å²) in [7, 11) is 0. The first-order chi connectivity index (χ1) is 9.92. The quantitative estimate of drug-likeness (QED) is 0.761. The first kappa shape index (κ1) is 16.1. The second-order valence-corrected chi connectivity index (χ2v) is 4.05. The second-order valence-electron chi connectivity index (χ2n) is 4.05. The molecule has 110 valence electrons. The van der Waals surface area contributed by atoms with Gasteiger partial charge in [-0.15, -0.1) is 0 Å². The Bertz CT molecular complexity index is 610. The molecule has 1 aromatic carbocycles. The average Bonchev–Trinajstić information content (AvgIpc) is 2.40. The zero-order valence-electron chi connectivity index (χ0n) is 10.9. The highest BCUT2D eigenvalue weighted by Gasteiger charge is 2.11. The van der Waals surface area contributed by atoms with Gasteiger partial charge in [0.25, 0.3) is 0 Å². The Kier molecular flexibility index (Phi) is 5.82. The van der Waals surface area contributed by atoms with E-state index >= 15 is 0 Å². The number of rotatable bonds is 5. The summed E-state index contributed by atoms with van der Waals surface area (Å²) in [5.74, 6) is -2.30. The maximum absolute atomic E-state index is 12.9. The van der Waals surface area contributed by atoms with Crippen LogP contribution in [0.2, 0.25) is 0 Å². The molecule has 0 aliphatic carbocycles. The van der Waals surface area contributed by atoms with Gasteiger partial charge in [-0.2, -0.15) is 5.26 Å². The van der Waals surface area contributed by atoms with Crippen LogP contribution < -0.4 is 10.6 Å². The maximum Gasteiger partial charge on any atom is 0.325 e. The van der Waals surface area contributed by atoms with Crippen molar-refractivity contribution in [1.82, 2.24) is 5.32 Å². The zero-order chi connectivity index (χ0) is 15.8. The molecule has 0 saturated heterocycles. The van der Waals surface area contributed by atoms with Crippen LogP contribution in [0.25, 0.3) is 0 Å². The molecule has 0 aliphatic rings. The fraction of sp³-hybridized carbons (Fsp3) is 0.231.